The molecule has 7 aromatic carbocycles. The summed E-state index contributed by atoms with van der Waals surface area (Å²) in [6, 6.07) is 70.4. The Morgan fingerprint density at radius 1 is 0.288 bits per heavy atom. The van der Waals surface area contributed by atoms with Crippen LogP contribution >= 0.6 is 0 Å². The maximum Gasteiger partial charge on any atom is 0.187 e. The third kappa shape index (κ3) is 15.3. The minimum Gasteiger partial charge on any atom is -0.374 e. The predicted octanol–water partition coefficient (Wildman–Crippen LogP) is 10.8. The van der Waals surface area contributed by atoms with Crippen LogP contribution in [0.15, 0.2) is 212 Å². The highest BCUT2D eigenvalue weighted by molar-refractivity contribution is 5.19. The Hall–Kier alpha value is -5.90. The standard InChI is InChI=1S/C62H66O11/c1-63-61-59(69-42-51-33-19-7-20-34-51)58(68-41-50-31-17-6-18-32-50)56(54(71-61)45-65-38-47-25-11-3-12-26-47)73-62-60(70-43-52-35-21-8-22-36-52)57(67-40-49-29-15-5-16-30-49)55(66-39-48-27-13-4-14-28-48)53(72-62)44-64-37-46-23-9-2-10-24-46/h2-36,53-62H,37-45H2,1H3/t53-,54-,55-,56+,57+,58+,59-,60-,61+,62-/m1/s1. The van der Waals surface area contributed by atoms with E-state index in [1.54, 1.807) is 7.11 Å². The lowest BCUT2D eigenvalue weighted by Gasteiger charge is -2.50. The summed E-state index contributed by atoms with van der Waals surface area (Å²) in [5.74, 6) is 0. The van der Waals surface area contributed by atoms with Gasteiger partial charge in [-0.05, 0) is 38.9 Å². The van der Waals surface area contributed by atoms with Crippen LogP contribution in [0.1, 0.15) is 38.9 Å². The first-order valence-corrected chi connectivity index (χ1v) is 25.2. The van der Waals surface area contributed by atoms with E-state index in [9.17, 15) is 0 Å². The molecule has 2 aliphatic heterocycles. The summed E-state index contributed by atoms with van der Waals surface area (Å²) in [6.45, 7) is 2.27. The van der Waals surface area contributed by atoms with E-state index in [1.165, 1.54) is 0 Å². The molecule has 0 radical (unpaired) electrons. The second-order valence-electron chi connectivity index (χ2n) is 18.2. The average Bonchev–Trinajstić information content (AvgIpc) is 3.45. The summed E-state index contributed by atoms with van der Waals surface area (Å²) in [4.78, 5) is 0. The monoisotopic (exact) mass is 986 g/mol. The molecule has 0 N–H and O–H groups in total. The lowest BCUT2D eigenvalue weighted by Crippen LogP contribution is -2.66. The maximum absolute atomic E-state index is 7.51. The van der Waals surface area contributed by atoms with E-state index < -0.39 is 61.4 Å². The van der Waals surface area contributed by atoms with Gasteiger partial charge in [0.2, 0.25) is 0 Å². The zero-order chi connectivity index (χ0) is 49.7. The molecular weight excluding hydrogens is 921 g/mol. The van der Waals surface area contributed by atoms with Crippen molar-refractivity contribution in [3.8, 4) is 0 Å². The first kappa shape index (κ1) is 52.0. The van der Waals surface area contributed by atoms with Gasteiger partial charge in [0.05, 0.1) is 59.5 Å². The Kier molecular flexibility index (Phi) is 19.9. The second kappa shape index (κ2) is 28.0. The fourth-order valence-electron chi connectivity index (χ4n) is 9.14. The molecular formula is C62H66O11. The van der Waals surface area contributed by atoms with E-state index in [4.69, 9.17) is 52.1 Å². The van der Waals surface area contributed by atoms with E-state index in [-0.39, 0.29) is 46.2 Å². The summed E-state index contributed by atoms with van der Waals surface area (Å²) in [7, 11) is 1.61. The Bertz CT molecular complexity index is 2560. The molecule has 2 heterocycles. The Morgan fingerprint density at radius 2 is 0.548 bits per heavy atom. The Morgan fingerprint density at radius 3 is 0.890 bits per heavy atom. The van der Waals surface area contributed by atoms with Crippen molar-refractivity contribution in [3.63, 3.8) is 0 Å². The zero-order valence-electron chi connectivity index (χ0n) is 41.3. The minimum absolute atomic E-state index is 0.124. The van der Waals surface area contributed by atoms with E-state index in [0.29, 0.717) is 13.2 Å². The van der Waals surface area contributed by atoms with Gasteiger partial charge in [0.15, 0.2) is 12.6 Å². The largest absolute Gasteiger partial charge is 0.374 e. The minimum atomic E-state index is -1.09. The van der Waals surface area contributed by atoms with Gasteiger partial charge in [-0.25, -0.2) is 0 Å². The summed E-state index contributed by atoms with van der Waals surface area (Å²) in [5, 5.41) is 0. The lowest BCUT2D eigenvalue weighted by molar-refractivity contribution is -0.376. The molecule has 0 aromatic heterocycles. The molecule has 10 atom stereocenters. The number of hydrogen-bond donors (Lipinski definition) is 0. The van der Waals surface area contributed by atoms with Crippen molar-refractivity contribution in [2.24, 2.45) is 0 Å². The molecule has 380 valence electrons. The second-order valence-corrected chi connectivity index (χ2v) is 18.2. The topological polar surface area (TPSA) is 102 Å². The van der Waals surface area contributed by atoms with E-state index in [1.807, 2.05) is 212 Å². The summed E-state index contributed by atoms with van der Waals surface area (Å²) in [5.41, 5.74) is 6.95. The number of rotatable bonds is 26. The van der Waals surface area contributed by atoms with Crippen LogP contribution in [0.4, 0.5) is 0 Å². The van der Waals surface area contributed by atoms with Crippen molar-refractivity contribution in [3.05, 3.63) is 251 Å². The number of benzene rings is 7. The average molecular weight is 987 g/mol. The molecule has 0 bridgehead atoms. The van der Waals surface area contributed by atoms with Crippen LogP contribution in [0.5, 0.6) is 0 Å². The number of ether oxygens (including phenoxy) is 11. The Balaban J connectivity index is 1.11. The van der Waals surface area contributed by atoms with Gasteiger partial charge in [0.1, 0.15) is 48.8 Å². The summed E-state index contributed by atoms with van der Waals surface area (Å²) >= 11 is 0. The highest BCUT2D eigenvalue weighted by atomic mass is 16.8. The van der Waals surface area contributed by atoms with Gasteiger partial charge < -0.3 is 52.1 Å². The maximum atomic E-state index is 7.51. The van der Waals surface area contributed by atoms with Gasteiger partial charge in [-0.1, -0.05) is 212 Å². The van der Waals surface area contributed by atoms with E-state index in [0.717, 1.165) is 38.9 Å². The highest BCUT2D eigenvalue weighted by Gasteiger charge is 2.54. The van der Waals surface area contributed by atoms with Crippen LogP contribution in [0.2, 0.25) is 0 Å². The normalized spacial score (nSPS) is 24.0. The van der Waals surface area contributed by atoms with Gasteiger partial charge in [-0.15, -0.1) is 0 Å². The van der Waals surface area contributed by atoms with Crippen molar-refractivity contribution >= 4 is 0 Å². The fraction of sp³-hybridized carbons (Fsp3) is 0.323. The first-order chi connectivity index (χ1) is 36.2. The predicted molar refractivity (Wildman–Crippen MR) is 276 cm³/mol. The van der Waals surface area contributed by atoms with Crippen LogP contribution in [-0.2, 0) is 98.4 Å². The zero-order valence-corrected chi connectivity index (χ0v) is 41.3. The van der Waals surface area contributed by atoms with Gasteiger partial charge >= 0.3 is 0 Å². The van der Waals surface area contributed by atoms with Crippen LogP contribution < -0.4 is 0 Å². The molecule has 0 saturated carbocycles. The van der Waals surface area contributed by atoms with E-state index in [2.05, 4.69) is 0 Å². The summed E-state index contributed by atoms with van der Waals surface area (Å²) < 4.78 is 75.9. The SMILES string of the molecule is CO[C@H]1O[C@H](COCc2ccccc2)[C@H](O[C@H]2O[C@H](COCc3ccccc3)[C@@H](OCc3ccccc3)[C@H](OCc3ccccc3)[C@H]2OCc2ccccc2)[C@H](OCc2ccccc2)[C@H]1OCc1ccccc1. The molecule has 11 nitrogen and oxygen atoms in total. The van der Waals surface area contributed by atoms with Crippen LogP contribution in [-0.4, -0.2) is 81.7 Å². The molecule has 0 amide bonds. The van der Waals surface area contributed by atoms with Crippen molar-refractivity contribution in [2.45, 2.75) is 108 Å². The highest BCUT2D eigenvalue weighted by Crippen LogP contribution is 2.37. The molecule has 2 fully saturated rings. The molecule has 11 heteroatoms. The Labute approximate surface area is 429 Å². The lowest BCUT2D eigenvalue weighted by atomic mass is 9.95. The van der Waals surface area contributed by atoms with Gasteiger partial charge in [-0.3, -0.25) is 0 Å². The number of methoxy groups -OCH3 is 1. The molecule has 9 rings (SSSR count). The molecule has 7 aromatic rings. The third-order valence-corrected chi connectivity index (χ3v) is 12.9. The van der Waals surface area contributed by atoms with Crippen LogP contribution in [0.25, 0.3) is 0 Å². The van der Waals surface area contributed by atoms with E-state index >= 15 is 0 Å². The third-order valence-electron chi connectivity index (χ3n) is 12.9. The van der Waals surface area contributed by atoms with Crippen molar-refractivity contribution in [1.29, 1.82) is 0 Å². The van der Waals surface area contributed by atoms with Gasteiger partial charge in [0.25, 0.3) is 0 Å². The molecule has 0 aliphatic carbocycles. The van der Waals surface area contributed by atoms with Crippen molar-refractivity contribution < 1.29 is 52.1 Å². The molecule has 2 saturated heterocycles. The summed E-state index contributed by atoms with van der Waals surface area (Å²) in [6.07, 6.45) is -8.10. The van der Waals surface area contributed by atoms with Crippen LogP contribution in [0, 0.1) is 0 Å². The van der Waals surface area contributed by atoms with Crippen molar-refractivity contribution in [2.75, 3.05) is 20.3 Å². The first-order valence-electron chi connectivity index (χ1n) is 25.2. The van der Waals surface area contributed by atoms with Crippen molar-refractivity contribution in [1.82, 2.24) is 0 Å². The van der Waals surface area contributed by atoms with Gasteiger partial charge in [0, 0.05) is 7.11 Å². The fourth-order valence-corrected chi connectivity index (χ4v) is 9.14. The van der Waals surface area contributed by atoms with Crippen LogP contribution in [0.3, 0.4) is 0 Å². The quantitative estimate of drug-likeness (QED) is 0.0518. The smallest absolute Gasteiger partial charge is 0.187 e. The molecule has 0 spiro atoms. The molecule has 0 unspecified atom stereocenters. The number of hydrogen-bond acceptors (Lipinski definition) is 11. The molecule has 73 heavy (non-hydrogen) atoms. The van der Waals surface area contributed by atoms with Gasteiger partial charge in [-0.2, -0.15) is 0 Å². The molecule has 2 aliphatic rings.